The molecule has 0 aliphatic heterocycles. The van der Waals surface area contributed by atoms with Crippen molar-refractivity contribution in [3.05, 3.63) is 64.6 Å². The van der Waals surface area contributed by atoms with Gasteiger partial charge in [0.05, 0.1) is 6.21 Å². The van der Waals surface area contributed by atoms with Gasteiger partial charge in [-0.1, -0.05) is 46.3 Å². The highest BCUT2D eigenvalue weighted by Crippen LogP contribution is 2.09. The first-order valence-electron chi connectivity index (χ1n) is 6.55. The van der Waals surface area contributed by atoms with Gasteiger partial charge in [-0.25, -0.2) is 5.43 Å². The smallest absolute Gasteiger partial charge is 0.262 e. The van der Waals surface area contributed by atoms with E-state index in [2.05, 4.69) is 31.8 Å². The summed E-state index contributed by atoms with van der Waals surface area (Å²) in [7, 11) is 0. The molecular weight excluding hydrogens is 330 g/mol. The third-order valence-electron chi connectivity index (χ3n) is 2.81. The number of halogens is 1. The summed E-state index contributed by atoms with van der Waals surface area (Å²) in [5, 5.41) is 7.06. The van der Waals surface area contributed by atoms with Crippen LogP contribution in [0.2, 0.25) is 0 Å². The van der Waals surface area contributed by atoms with E-state index in [0.717, 1.165) is 15.7 Å². The molecule has 1 amide bonds. The maximum Gasteiger partial charge on any atom is 0.262 e. The van der Waals surface area contributed by atoms with Crippen LogP contribution in [0.5, 0.6) is 0 Å². The van der Waals surface area contributed by atoms with Gasteiger partial charge >= 0.3 is 0 Å². The van der Waals surface area contributed by atoms with E-state index >= 15 is 0 Å². The summed E-state index contributed by atoms with van der Waals surface area (Å²) in [6.45, 7) is 1.79. The molecule has 0 heterocycles. The second kappa shape index (κ2) is 7.59. The molecule has 2 rings (SSSR count). The van der Waals surface area contributed by atoms with Crippen molar-refractivity contribution in [2.24, 2.45) is 5.10 Å². The summed E-state index contributed by atoms with van der Waals surface area (Å²) in [5.74, 6) is -0.188. The fourth-order valence-corrected chi connectivity index (χ4v) is 1.93. The average Bonchev–Trinajstić information content (AvgIpc) is 2.50. The van der Waals surface area contributed by atoms with Crippen LogP contribution in [0.25, 0.3) is 0 Å². The second-order valence-electron chi connectivity index (χ2n) is 4.52. The van der Waals surface area contributed by atoms with E-state index in [4.69, 9.17) is 0 Å². The molecule has 2 N–H and O–H groups in total. The predicted molar refractivity (Wildman–Crippen MR) is 89.4 cm³/mol. The SMILES string of the molecule is C[C@H](Nc1ccccc1)C(=O)NN=Cc1ccc(Br)cc1. The van der Waals surface area contributed by atoms with Crippen LogP contribution in [-0.4, -0.2) is 18.2 Å². The zero-order valence-corrected chi connectivity index (χ0v) is 13.2. The molecule has 0 aliphatic carbocycles. The molecule has 2 aromatic rings. The lowest BCUT2D eigenvalue weighted by atomic mass is 10.2. The standard InChI is InChI=1S/C16H16BrN3O/c1-12(19-15-5-3-2-4-6-15)16(21)20-18-11-13-7-9-14(17)10-8-13/h2-12,19H,1H3,(H,20,21)/t12-/m0/s1. The molecule has 0 radical (unpaired) electrons. The van der Waals surface area contributed by atoms with E-state index in [1.165, 1.54) is 0 Å². The van der Waals surface area contributed by atoms with Crippen LogP contribution in [0.3, 0.4) is 0 Å². The fourth-order valence-electron chi connectivity index (χ4n) is 1.67. The molecule has 0 spiro atoms. The molecule has 2 aromatic carbocycles. The van der Waals surface area contributed by atoms with E-state index in [-0.39, 0.29) is 11.9 Å². The minimum absolute atomic E-state index is 0.188. The van der Waals surface area contributed by atoms with Crippen molar-refractivity contribution in [2.45, 2.75) is 13.0 Å². The van der Waals surface area contributed by atoms with Gasteiger partial charge in [0.15, 0.2) is 0 Å². The number of carbonyl (C=O) groups excluding carboxylic acids is 1. The Morgan fingerprint density at radius 2 is 1.81 bits per heavy atom. The van der Waals surface area contributed by atoms with Gasteiger partial charge in [-0.3, -0.25) is 4.79 Å². The molecule has 1 atom stereocenters. The van der Waals surface area contributed by atoms with Crippen molar-refractivity contribution in [1.29, 1.82) is 0 Å². The third-order valence-corrected chi connectivity index (χ3v) is 3.34. The van der Waals surface area contributed by atoms with Gasteiger partial charge in [0.1, 0.15) is 6.04 Å². The summed E-state index contributed by atoms with van der Waals surface area (Å²) in [4.78, 5) is 11.9. The van der Waals surface area contributed by atoms with Crippen LogP contribution in [0.1, 0.15) is 12.5 Å². The molecule has 0 aromatic heterocycles. The second-order valence-corrected chi connectivity index (χ2v) is 5.43. The molecule has 0 fully saturated rings. The van der Waals surface area contributed by atoms with E-state index in [9.17, 15) is 4.79 Å². The van der Waals surface area contributed by atoms with Gasteiger partial charge in [-0.15, -0.1) is 0 Å². The van der Waals surface area contributed by atoms with E-state index in [1.807, 2.05) is 54.6 Å². The highest BCUT2D eigenvalue weighted by atomic mass is 79.9. The highest BCUT2D eigenvalue weighted by Gasteiger charge is 2.10. The summed E-state index contributed by atoms with van der Waals surface area (Å²) in [6.07, 6.45) is 1.61. The van der Waals surface area contributed by atoms with Crippen LogP contribution in [0.4, 0.5) is 5.69 Å². The number of hydrogen-bond donors (Lipinski definition) is 2. The number of benzene rings is 2. The van der Waals surface area contributed by atoms with Crippen molar-refractivity contribution < 1.29 is 4.79 Å². The van der Waals surface area contributed by atoms with Crippen LogP contribution in [0.15, 0.2) is 64.2 Å². The first-order chi connectivity index (χ1) is 10.1. The predicted octanol–water partition coefficient (Wildman–Crippen LogP) is 3.40. The molecule has 4 nitrogen and oxygen atoms in total. The number of anilines is 1. The molecule has 0 saturated carbocycles. The van der Waals surface area contributed by atoms with Crippen molar-refractivity contribution in [2.75, 3.05) is 5.32 Å². The van der Waals surface area contributed by atoms with Gasteiger partial charge in [-0.2, -0.15) is 5.10 Å². The van der Waals surface area contributed by atoms with Crippen LogP contribution in [-0.2, 0) is 4.79 Å². The number of hydrazone groups is 1. The van der Waals surface area contributed by atoms with E-state index < -0.39 is 0 Å². The normalized spacial score (nSPS) is 12.1. The van der Waals surface area contributed by atoms with E-state index in [1.54, 1.807) is 13.1 Å². The average molecular weight is 346 g/mol. The van der Waals surface area contributed by atoms with Gasteiger partial charge in [-0.05, 0) is 36.8 Å². The number of para-hydroxylation sites is 1. The largest absolute Gasteiger partial charge is 0.374 e. The van der Waals surface area contributed by atoms with Crippen molar-refractivity contribution >= 4 is 33.7 Å². The number of hydrogen-bond acceptors (Lipinski definition) is 3. The van der Waals surface area contributed by atoms with Gasteiger partial charge in [0, 0.05) is 10.2 Å². The topological polar surface area (TPSA) is 53.5 Å². The molecule has 0 bridgehead atoms. The van der Waals surface area contributed by atoms with Gasteiger partial charge in [0.25, 0.3) is 5.91 Å². The zero-order valence-electron chi connectivity index (χ0n) is 11.6. The summed E-state index contributed by atoms with van der Waals surface area (Å²) < 4.78 is 1.00. The van der Waals surface area contributed by atoms with Crippen molar-refractivity contribution in [3.63, 3.8) is 0 Å². The molecule has 0 aliphatic rings. The number of rotatable bonds is 5. The Kier molecular flexibility index (Phi) is 5.51. The third kappa shape index (κ3) is 5.04. The fraction of sp³-hybridized carbons (Fsp3) is 0.125. The van der Waals surface area contributed by atoms with Crippen LogP contribution in [0, 0.1) is 0 Å². The Hall–Kier alpha value is -2.14. The minimum Gasteiger partial charge on any atom is -0.374 e. The Labute approximate surface area is 132 Å². The maximum absolute atomic E-state index is 11.9. The lowest BCUT2D eigenvalue weighted by molar-refractivity contribution is -0.121. The highest BCUT2D eigenvalue weighted by molar-refractivity contribution is 9.10. The number of nitrogens with zero attached hydrogens (tertiary/aromatic N) is 1. The van der Waals surface area contributed by atoms with Crippen molar-refractivity contribution in [1.82, 2.24) is 5.43 Å². The number of amides is 1. The molecular formula is C16H16BrN3O. The Morgan fingerprint density at radius 3 is 2.48 bits per heavy atom. The molecule has 5 heteroatoms. The quantitative estimate of drug-likeness (QED) is 0.644. The Balaban J connectivity index is 1.85. The molecule has 0 unspecified atom stereocenters. The lowest BCUT2D eigenvalue weighted by Crippen LogP contribution is -2.34. The van der Waals surface area contributed by atoms with Crippen molar-refractivity contribution in [3.8, 4) is 0 Å². The first-order valence-corrected chi connectivity index (χ1v) is 7.34. The Bertz CT molecular complexity index is 611. The summed E-state index contributed by atoms with van der Waals surface area (Å²) >= 11 is 3.36. The minimum atomic E-state index is -0.366. The number of nitrogens with one attached hydrogen (secondary N) is 2. The summed E-state index contributed by atoms with van der Waals surface area (Å²) in [6, 6.07) is 16.9. The van der Waals surface area contributed by atoms with Crippen LogP contribution < -0.4 is 10.7 Å². The van der Waals surface area contributed by atoms with Crippen LogP contribution >= 0.6 is 15.9 Å². The Morgan fingerprint density at radius 1 is 1.14 bits per heavy atom. The van der Waals surface area contributed by atoms with Gasteiger partial charge in [0.2, 0.25) is 0 Å². The number of carbonyl (C=O) groups is 1. The lowest BCUT2D eigenvalue weighted by Gasteiger charge is -2.13. The van der Waals surface area contributed by atoms with E-state index in [0.29, 0.717) is 0 Å². The molecule has 21 heavy (non-hydrogen) atoms. The van der Waals surface area contributed by atoms with Gasteiger partial charge < -0.3 is 5.32 Å². The first kappa shape index (κ1) is 15.3. The maximum atomic E-state index is 11.9. The molecule has 0 saturated heterocycles. The summed E-state index contributed by atoms with van der Waals surface area (Å²) in [5.41, 5.74) is 4.34. The molecule has 108 valence electrons. The monoisotopic (exact) mass is 345 g/mol. The zero-order chi connectivity index (χ0) is 15.1.